The van der Waals surface area contributed by atoms with Gasteiger partial charge < -0.3 is 39.8 Å². The first kappa shape index (κ1) is 34.3. The van der Waals surface area contributed by atoms with Crippen LogP contribution in [0.5, 0.6) is 5.88 Å². The Balaban J connectivity index is 1.85. The van der Waals surface area contributed by atoms with Crippen LogP contribution in [0.1, 0.15) is 47.8 Å². The first-order valence-electron chi connectivity index (χ1n) is 12.8. The number of carboxylic acids is 1. The normalized spacial score (nSPS) is 25.6. The van der Waals surface area contributed by atoms with E-state index in [1.54, 1.807) is 0 Å². The topological polar surface area (TPSA) is 242 Å². The Morgan fingerprint density at radius 2 is 1.86 bits per heavy atom. The van der Waals surface area contributed by atoms with E-state index >= 15 is 0 Å². The molecule has 0 bridgehead atoms. The van der Waals surface area contributed by atoms with E-state index in [9.17, 15) is 29.5 Å². The molecule has 0 aliphatic carbocycles. The molecule has 1 aliphatic heterocycles. The quantitative estimate of drug-likeness (QED) is 0.0766. The number of aliphatic hydroxyl groups is 2. The number of nitrogens with zero attached hydrogens (tertiary/aromatic N) is 4. The Morgan fingerprint density at radius 1 is 1.24 bits per heavy atom. The number of carboxylic acid groups (broad SMARTS) is 1. The highest BCUT2D eigenvalue weighted by atomic mass is 127. The molecule has 0 amide bonds. The summed E-state index contributed by atoms with van der Waals surface area (Å²) in [5.41, 5.74) is 3.94. The summed E-state index contributed by atoms with van der Waals surface area (Å²) in [7, 11) is -2.92. The lowest BCUT2D eigenvalue weighted by Gasteiger charge is -2.28. The number of esters is 1. The van der Waals surface area contributed by atoms with E-state index in [4.69, 9.17) is 24.5 Å². The summed E-state index contributed by atoms with van der Waals surface area (Å²) in [6, 6.07) is -2.53. The molecule has 2 aromatic rings. The molecular weight excluding hydrogens is 692 g/mol. The predicted molar refractivity (Wildman–Crippen MR) is 156 cm³/mol. The fourth-order valence-corrected chi connectivity index (χ4v) is 6.50. The zero-order valence-corrected chi connectivity index (χ0v) is 27.2. The number of rotatable bonds is 12. The van der Waals surface area contributed by atoms with Gasteiger partial charge in [0.1, 0.15) is 29.9 Å². The first-order chi connectivity index (χ1) is 19.3. The van der Waals surface area contributed by atoms with Gasteiger partial charge in [-0.3, -0.25) is 18.7 Å². The number of hydrogen-bond donors (Lipinski definition) is 6. The number of nitrogens with one attached hydrogen (secondary N) is 2. The van der Waals surface area contributed by atoms with E-state index in [-0.39, 0.29) is 35.0 Å². The van der Waals surface area contributed by atoms with Gasteiger partial charge in [-0.15, -0.1) is 0 Å². The summed E-state index contributed by atoms with van der Waals surface area (Å²) in [6.07, 6.45) is -4.14. The van der Waals surface area contributed by atoms with E-state index in [0.29, 0.717) is 3.83 Å². The van der Waals surface area contributed by atoms with Crippen molar-refractivity contribution in [1.29, 1.82) is 0 Å². The van der Waals surface area contributed by atoms with Crippen LogP contribution in [-0.4, -0.2) is 97.0 Å². The number of anilines is 1. The monoisotopic (exact) mass is 729 g/mol. The lowest BCUT2D eigenvalue weighted by Crippen LogP contribution is -2.45. The molecule has 3 heterocycles. The summed E-state index contributed by atoms with van der Waals surface area (Å²) in [6.45, 7) is 9.02. The van der Waals surface area contributed by atoms with Crippen LogP contribution in [-0.2, 0) is 28.2 Å². The second-order valence-electron chi connectivity index (χ2n) is 11.3. The van der Waals surface area contributed by atoms with Gasteiger partial charge in [0.2, 0.25) is 11.8 Å². The van der Waals surface area contributed by atoms with Crippen molar-refractivity contribution in [2.75, 3.05) is 26.1 Å². The van der Waals surface area contributed by atoms with E-state index in [0.717, 1.165) is 0 Å². The molecule has 42 heavy (non-hydrogen) atoms. The molecule has 1 aliphatic rings. The van der Waals surface area contributed by atoms with Crippen LogP contribution in [0.2, 0.25) is 0 Å². The Labute approximate surface area is 255 Å². The molecule has 0 saturated carbocycles. The SMILES string of the molecule is COc1nc(N)nc2c1nc(I)n2[C@@H]1O[C@H](COP(=O)(N[C@@H](C)C(=O)O)N[C@@H](C)C(=O)OCC(C)(C)C)[C@@H](O)[C@@]1(C)O. The van der Waals surface area contributed by atoms with Gasteiger partial charge in [-0.1, -0.05) is 20.8 Å². The smallest absolute Gasteiger partial charge is 0.342 e. The molecule has 7 N–H and O–H groups in total. The minimum absolute atomic E-state index is 0.0880. The maximum Gasteiger partial charge on any atom is 0.342 e. The molecule has 3 rings (SSSR count). The average Bonchev–Trinajstić information content (AvgIpc) is 3.31. The number of ether oxygens (including phenoxy) is 3. The highest BCUT2D eigenvalue weighted by Crippen LogP contribution is 2.44. The molecule has 0 radical (unpaired) electrons. The van der Waals surface area contributed by atoms with E-state index < -0.39 is 62.3 Å². The van der Waals surface area contributed by atoms with Crippen molar-refractivity contribution in [3.8, 4) is 5.88 Å². The van der Waals surface area contributed by atoms with Crippen LogP contribution in [0.3, 0.4) is 0 Å². The van der Waals surface area contributed by atoms with Gasteiger partial charge in [0.25, 0.3) is 0 Å². The molecule has 7 atom stereocenters. The molecule has 1 saturated heterocycles. The van der Waals surface area contributed by atoms with E-state index in [2.05, 4.69) is 25.1 Å². The van der Waals surface area contributed by atoms with Crippen LogP contribution in [0.25, 0.3) is 11.2 Å². The summed E-state index contributed by atoms with van der Waals surface area (Å²) in [4.78, 5) is 36.6. The van der Waals surface area contributed by atoms with Gasteiger partial charge >= 0.3 is 19.6 Å². The highest BCUT2D eigenvalue weighted by Gasteiger charge is 2.54. The number of carbonyl (C=O) groups excluding carboxylic acids is 1. The molecule has 1 unspecified atom stereocenters. The summed E-state index contributed by atoms with van der Waals surface area (Å²) < 4.78 is 37.5. The minimum atomic E-state index is -4.30. The molecule has 0 spiro atoms. The van der Waals surface area contributed by atoms with Crippen molar-refractivity contribution in [2.24, 2.45) is 5.41 Å². The van der Waals surface area contributed by atoms with Crippen molar-refractivity contribution in [3.05, 3.63) is 3.83 Å². The molecule has 236 valence electrons. The third-order valence-electron chi connectivity index (χ3n) is 6.18. The fourth-order valence-electron chi connectivity index (χ4n) is 3.96. The molecule has 1 fully saturated rings. The highest BCUT2D eigenvalue weighted by molar-refractivity contribution is 14.1. The van der Waals surface area contributed by atoms with Gasteiger partial charge in [0.15, 0.2) is 21.2 Å². The van der Waals surface area contributed by atoms with Gasteiger partial charge in [-0.2, -0.15) is 9.97 Å². The third-order valence-corrected chi connectivity index (χ3v) is 8.91. The molecule has 0 aromatic carbocycles. The zero-order valence-electron chi connectivity index (χ0n) is 24.2. The van der Waals surface area contributed by atoms with Crippen LogP contribution in [0, 0.1) is 9.25 Å². The van der Waals surface area contributed by atoms with Gasteiger partial charge in [-0.25, -0.2) is 15.2 Å². The third kappa shape index (κ3) is 7.65. The standard InChI is InChI=1S/C23H37IN7O10P/c1-10(17(33)34)29-42(37,30-11(2)18(35)39-9-22(3,4)5)40-8-12-14(32)23(6,36)19(41-12)31-15-13(26-20(31)24)16(38-7)28-21(25)27-15/h10-12,14,19,32,36H,8-9H2,1-7H3,(H,33,34)(H2,25,27,28)(H2,29,30,37)/t10-,11-,12+,14+,19+,23+,42?/m0/s1. The second-order valence-corrected chi connectivity index (χ2v) is 14.1. The maximum atomic E-state index is 13.7. The number of aromatic nitrogens is 4. The zero-order chi connectivity index (χ0) is 31.8. The number of nitrogens with two attached hydrogens (primary N) is 1. The largest absolute Gasteiger partial charge is 0.480 e. The summed E-state index contributed by atoms with van der Waals surface area (Å²) >= 11 is 1.88. The van der Waals surface area contributed by atoms with Crippen molar-refractivity contribution in [1.82, 2.24) is 29.7 Å². The molecular formula is C23H37IN7O10P. The summed E-state index contributed by atoms with van der Waals surface area (Å²) in [5.74, 6) is -2.11. The number of imidazole rings is 1. The maximum absolute atomic E-state index is 13.7. The van der Waals surface area contributed by atoms with Gasteiger partial charge in [0, 0.05) is 22.6 Å². The Bertz CT molecular complexity index is 1370. The summed E-state index contributed by atoms with van der Waals surface area (Å²) in [5, 5.41) is 36.5. The number of halogens is 1. The van der Waals surface area contributed by atoms with Crippen LogP contribution in [0.4, 0.5) is 5.95 Å². The number of aliphatic carboxylic acids is 1. The van der Waals surface area contributed by atoms with Gasteiger partial charge in [0.05, 0.1) is 20.3 Å². The fraction of sp³-hybridized carbons (Fsp3) is 0.696. The van der Waals surface area contributed by atoms with Crippen molar-refractivity contribution < 1.29 is 48.2 Å². The lowest BCUT2D eigenvalue weighted by atomic mass is 9.96. The van der Waals surface area contributed by atoms with Crippen LogP contribution < -0.4 is 20.6 Å². The number of methoxy groups -OCH3 is 1. The predicted octanol–water partition coefficient (Wildman–Crippen LogP) is 0.786. The number of nitrogen functional groups attached to an aromatic ring is 1. The molecule has 17 nitrogen and oxygen atoms in total. The van der Waals surface area contributed by atoms with Crippen molar-refractivity contribution >= 4 is 59.3 Å². The minimum Gasteiger partial charge on any atom is -0.480 e. The first-order valence-corrected chi connectivity index (χ1v) is 15.5. The Morgan fingerprint density at radius 3 is 2.43 bits per heavy atom. The van der Waals surface area contributed by atoms with Crippen molar-refractivity contribution in [3.63, 3.8) is 0 Å². The van der Waals surface area contributed by atoms with Gasteiger partial charge in [-0.05, 0) is 26.2 Å². The average molecular weight is 729 g/mol. The number of fused-ring (bicyclic) bond motifs is 1. The van der Waals surface area contributed by atoms with Crippen molar-refractivity contribution in [2.45, 2.75) is 77.7 Å². The van der Waals surface area contributed by atoms with Crippen LogP contribution in [0.15, 0.2) is 0 Å². The van der Waals surface area contributed by atoms with Crippen LogP contribution >= 0.6 is 30.3 Å². The number of carbonyl (C=O) groups is 2. The number of hydrogen-bond acceptors (Lipinski definition) is 13. The lowest BCUT2D eigenvalue weighted by molar-refractivity contribution is -0.148. The van der Waals surface area contributed by atoms with E-state index in [1.807, 2.05) is 43.4 Å². The Hall–Kier alpha value is -2.19. The second kappa shape index (κ2) is 12.8. The number of aliphatic hydroxyl groups excluding tert-OH is 1. The Kier molecular flexibility index (Phi) is 10.5. The molecule has 2 aromatic heterocycles. The molecule has 19 heteroatoms. The van der Waals surface area contributed by atoms with E-state index in [1.165, 1.54) is 32.4 Å².